The molecule has 0 radical (unpaired) electrons. The molecule has 0 atom stereocenters. The molecule has 7 heteroatoms. The molecule has 2 heterocycles. The van der Waals surface area contributed by atoms with E-state index in [4.69, 9.17) is 16.3 Å². The van der Waals surface area contributed by atoms with Crippen LogP contribution in [0.1, 0.15) is 39.1 Å². The summed E-state index contributed by atoms with van der Waals surface area (Å²) in [5.74, 6) is -0.929. The number of imide groups is 1. The van der Waals surface area contributed by atoms with Gasteiger partial charge in [-0.25, -0.2) is 0 Å². The third kappa shape index (κ3) is 2.82. The van der Waals surface area contributed by atoms with Crippen molar-refractivity contribution in [3.05, 3.63) is 58.2 Å². The summed E-state index contributed by atoms with van der Waals surface area (Å²) in [4.78, 5) is 36.7. The maximum Gasteiger partial charge on any atom is 0.259 e. The van der Waals surface area contributed by atoms with Crippen LogP contribution in [0, 0.1) is 0 Å². The van der Waals surface area contributed by atoms with Crippen molar-refractivity contribution in [1.29, 1.82) is 0 Å². The number of methoxy groups -OCH3 is 1. The largest absolute Gasteiger partial charge is 0.385 e. The van der Waals surface area contributed by atoms with Crippen LogP contribution in [-0.2, 0) is 11.3 Å². The maximum absolute atomic E-state index is 12.5. The zero-order valence-corrected chi connectivity index (χ0v) is 15.9. The van der Waals surface area contributed by atoms with Gasteiger partial charge in [-0.3, -0.25) is 19.7 Å². The molecule has 6 nitrogen and oxygen atoms in total. The summed E-state index contributed by atoms with van der Waals surface area (Å²) in [7, 11) is 1.62. The highest BCUT2D eigenvalue weighted by molar-refractivity contribution is 6.35. The highest BCUT2D eigenvalue weighted by Gasteiger charge is 2.34. The molecule has 1 N–H and O–H groups in total. The number of aromatic nitrogens is 1. The van der Waals surface area contributed by atoms with Gasteiger partial charge in [0.15, 0.2) is 6.29 Å². The summed E-state index contributed by atoms with van der Waals surface area (Å²) in [6.07, 6.45) is 1.45. The molecule has 0 aliphatic carbocycles. The van der Waals surface area contributed by atoms with Crippen LogP contribution in [0.25, 0.3) is 22.0 Å². The normalized spacial score (nSPS) is 13.1. The first-order valence-corrected chi connectivity index (χ1v) is 9.19. The SMILES string of the molecule is COCCCn1c(C=O)cc2c3c(c(-c4ccccc4Cl)cc21)C(=O)NC3=O.[HH]. The van der Waals surface area contributed by atoms with E-state index in [9.17, 15) is 14.4 Å². The standard InChI is InChI=1S/C21H17ClN2O4.H2/c1-28-8-4-7-24-12(11-25)9-15-17(24)10-14(13-5-2-3-6-16(13)22)18-19(15)21(27)23-20(18)26;/h2-3,5-6,9-11H,4,7-8H2,1H3,(H,23,26,27);1H. The minimum atomic E-state index is -0.467. The number of hydrogen-bond acceptors (Lipinski definition) is 4. The Labute approximate surface area is 167 Å². The van der Waals surface area contributed by atoms with E-state index < -0.39 is 11.8 Å². The zero-order valence-electron chi connectivity index (χ0n) is 15.1. The number of hydrogen-bond donors (Lipinski definition) is 1. The van der Waals surface area contributed by atoms with Crippen molar-refractivity contribution in [3.63, 3.8) is 0 Å². The molecule has 1 aliphatic rings. The third-order valence-corrected chi connectivity index (χ3v) is 5.27. The predicted octanol–water partition coefficient (Wildman–Crippen LogP) is 3.94. The number of nitrogens with one attached hydrogen (secondary N) is 1. The molecule has 28 heavy (non-hydrogen) atoms. The summed E-state index contributed by atoms with van der Waals surface area (Å²) in [6.45, 7) is 1.08. The Morgan fingerprint density at radius 3 is 2.61 bits per heavy atom. The average Bonchev–Trinajstić information content (AvgIpc) is 3.19. The van der Waals surface area contributed by atoms with Crippen LogP contribution in [0.3, 0.4) is 0 Å². The van der Waals surface area contributed by atoms with Gasteiger partial charge < -0.3 is 9.30 Å². The second-order valence-electron chi connectivity index (χ2n) is 6.56. The lowest BCUT2D eigenvalue weighted by atomic mass is 9.94. The van der Waals surface area contributed by atoms with Crippen LogP contribution in [-0.4, -0.2) is 36.4 Å². The van der Waals surface area contributed by atoms with Crippen molar-refractivity contribution >= 4 is 40.6 Å². The van der Waals surface area contributed by atoms with Crippen molar-refractivity contribution < 1.29 is 20.5 Å². The molecule has 0 spiro atoms. The number of fused-ring (bicyclic) bond motifs is 3. The molecular weight excluding hydrogens is 380 g/mol. The van der Waals surface area contributed by atoms with E-state index in [1.54, 1.807) is 31.4 Å². The summed E-state index contributed by atoms with van der Waals surface area (Å²) >= 11 is 6.37. The maximum atomic E-state index is 12.5. The van der Waals surface area contributed by atoms with Crippen molar-refractivity contribution in [1.82, 2.24) is 9.88 Å². The van der Waals surface area contributed by atoms with E-state index in [0.717, 1.165) is 6.29 Å². The van der Waals surface area contributed by atoms with E-state index in [1.165, 1.54) is 0 Å². The summed E-state index contributed by atoms with van der Waals surface area (Å²) < 4.78 is 6.96. The van der Waals surface area contributed by atoms with Crippen LogP contribution in [0.5, 0.6) is 0 Å². The molecular formula is C21H19ClN2O4. The summed E-state index contributed by atoms with van der Waals surface area (Å²) in [5, 5.41) is 3.42. The molecule has 0 saturated heterocycles. The van der Waals surface area contributed by atoms with Crippen molar-refractivity contribution in [2.24, 2.45) is 0 Å². The van der Waals surface area contributed by atoms with Crippen molar-refractivity contribution in [2.45, 2.75) is 13.0 Å². The van der Waals surface area contributed by atoms with Gasteiger partial charge in [0, 0.05) is 37.7 Å². The summed E-state index contributed by atoms with van der Waals surface area (Å²) in [6, 6.07) is 10.6. The van der Waals surface area contributed by atoms with E-state index >= 15 is 0 Å². The first-order valence-electron chi connectivity index (χ1n) is 8.81. The Bertz CT molecular complexity index is 1140. The van der Waals surface area contributed by atoms with Gasteiger partial charge in [-0.05, 0) is 30.2 Å². The number of rotatable bonds is 6. The minimum absolute atomic E-state index is 0. The topological polar surface area (TPSA) is 77.4 Å². The van der Waals surface area contributed by atoms with Gasteiger partial charge in [0.2, 0.25) is 0 Å². The quantitative estimate of drug-likeness (QED) is 0.387. The Morgan fingerprint density at radius 2 is 1.89 bits per heavy atom. The molecule has 1 aromatic heterocycles. The number of aldehydes is 1. The fraction of sp³-hybridized carbons (Fsp3) is 0.190. The van der Waals surface area contributed by atoms with Gasteiger partial charge in [0.25, 0.3) is 11.8 Å². The Balaban J connectivity index is 0.00000240. The number of halogens is 1. The fourth-order valence-corrected chi connectivity index (χ4v) is 3.96. The van der Waals surface area contributed by atoms with Crippen LogP contribution < -0.4 is 5.32 Å². The molecule has 2 aromatic carbocycles. The smallest absolute Gasteiger partial charge is 0.259 e. The van der Waals surface area contributed by atoms with E-state index in [1.807, 2.05) is 16.7 Å². The van der Waals surface area contributed by atoms with Crippen LogP contribution in [0.2, 0.25) is 5.02 Å². The van der Waals surface area contributed by atoms with Crippen molar-refractivity contribution in [3.8, 4) is 11.1 Å². The molecule has 144 valence electrons. The monoisotopic (exact) mass is 398 g/mol. The number of benzene rings is 2. The van der Waals surface area contributed by atoms with E-state index in [2.05, 4.69) is 5.32 Å². The lowest BCUT2D eigenvalue weighted by Crippen LogP contribution is -2.20. The first kappa shape index (κ1) is 18.4. The minimum Gasteiger partial charge on any atom is -0.385 e. The number of carbonyl (C=O) groups is 3. The summed E-state index contributed by atoms with van der Waals surface area (Å²) in [5.41, 5.74) is 2.95. The van der Waals surface area contributed by atoms with Gasteiger partial charge in [-0.15, -0.1) is 0 Å². The zero-order chi connectivity index (χ0) is 19.8. The number of nitrogens with zero attached hydrogens (tertiary/aromatic N) is 1. The lowest BCUT2D eigenvalue weighted by molar-refractivity contribution is 0.0880. The predicted molar refractivity (Wildman–Crippen MR) is 108 cm³/mol. The molecule has 4 rings (SSSR count). The van der Waals surface area contributed by atoms with Gasteiger partial charge in [-0.1, -0.05) is 29.8 Å². The fourth-order valence-electron chi connectivity index (χ4n) is 3.72. The average molecular weight is 399 g/mol. The van der Waals surface area contributed by atoms with E-state index in [-0.39, 0.29) is 12.6 Å². The lowest BCUT2D eigenvalue weighted by Gasteiger charge is -2.12. The number of amides is 2. The Hall–Kier alpha value is -2.96. The molecule has 2 amide bonds. The van der Waals surface area contributed by atoms with Gasteiger partial charge >= 0.3 is 0 Å². The van der Waals surface area contributed by atoms with E-state index in [0.29, 0.717) is 52.3 Å². The third-order valence-electron chi connectivity index (χ3n) is 4.94. The number of carbonyl (C=O) groups excluding carboxylic acids is 3. The second kappa shape index (κ2) is 7.22. The molecule has 1 aliphatic heterocycles. The van der Waals surface area contributed by atoms with Crippen LogP contribution >= 0.6 is 11.6 Å². The van der Waals surface area contributed by atoms with Crippen LogP contribution in [0.15, 0.2) is 36.4 Å². The Morgan fingerprint density at radius 1 is 1.14 bits per heavy atom. The van der Waals surface area contributed by atoms with Gasteiger partial charge in [-0.2, -0.15) is 0 Å². The number of ether oxygens (including phenoxy) is 1. The molecule has 0 bridgehead atoms. The molecule has 0 saturated carbocycles. The number of aryl methyl sites for hydroxylation is 1. The molecule has 0 fully saturated rings. The van der Waals surface area contributed by atoms with Gasteiger partial charge in [0.05, 0.1) is 22.3 Å². The molecule has 0 unspecified atom stereocenters. The van der Waals surface area contributed by atoms with Crippen LogP contribution in [0.4, 0.5) is 0 Å². The first-order chi connectivity index (χ1) is 13.6. The molecule has 3 aromatic rings. The highest BCUT2D eigenvalue weighted by Crippen LogP contribution is 2.39. The van der Waals surface area contributed by atoms with Crippen molar-refractivity contribution in [2.75, 3.05) is 13.7 Å². The second-order valence-corrected chi connectivity index (χ2v) is 6.96. The highest BCUT2D eigenvalue weighted by atomic mass is 35.5. The van der Waals surface area contributed by atoms with Gasteiger partial charge in [0.1, 0.15) is 0 Å². The Kier molecular flexibility index (Phi) is 4.75.